The van der Waals surface area contributed by atoms with Crippen LogP contribution in [0.2, 0.25) is 0 Å². The maximum absolute atomic E-state index is 12.4. The highest BCUT2D eigenvalue weighted by Gasteiger charge is 2.24. The fourth-order valence-electron chi connectivity index (χ4n) is 2.08. The van der Waals surface area contributed by atoms with E-state index in [9.17, 15) is 9.59 Å². The molecule has 0 aliphatic heterocycles. The molecule has 1 aliphatic rings. The predicted molar refractivity (Wildman–Crippen MR) is 75.3 cm³/mol. The average molecular weight is 295 g/mol. The Morgan fingerprint density at radius 3 is 2.81 bits per heavy atom. The van der Waals surface area contributed by atoms with Gasteiger partial charge in [-0.15, -0.1) is 0 Å². The first-order valence-corrected chi connectivity index (χ1v) is 7.11. The minimum absolute atomic E-state index is 0.204. The van der Waals surface area contributed by atoms with Gasteiger partial charge in [-0.1, -0.05) is 0 Å². The third-order valence-electron chi connectivity index (χ3n) is 3.54. The number of furan rings is 1. The lowest BCUT2D eigenvalue weighted by Crippen LogP contribution is -2.31. The Bertz CT molecular complexity index is 518. The van der Waals surface area contributed by atoms with Crippen molar-refractivity contribution in [2.75, 3.05) is 26.8 Å². The molecule has 6 nitrogen and oxygen atoms in total. The van der Waals surface area contributed by atoms with E-state index < -0.39 is 5.97 Å². The van der Waals surface area contributed by atoms with Crippen LogP contribution in [0.25, 0.3) is 0 Å². The van der Waals surface area contributed by atoms with Gasteiger partial charge in [-0.3, -0.25) is 9.59 Å². The van der Waals surface area contributed by atoms with Crippen molar-refractivity contribution in [2.24, 2.45) is 5.92 Å². The number of carbonyl (C=O) groups excluding carboxylic acids is 1. The second-order valence-corrected chi connectivity index (χ2v) is 5.53. The fourth-order valence-corrected chi connectivity index (χ4v) is 2.08. The van der Waals surface area contributed by atoms with Gasteiger partial charge in [-0.05, 0) is 25.7 Å². The number of ether oxygens (including phenoxy) is 1. The van der Waals surface area contributed by atoms with Crippen molar-refractivity contribution in [1.29, 1.82) is 0 Å². The molecule has 1 amide bonds. The van der Waals surface area contributed by atoms with Crippen molar-refractivity contribution in [1.82, 2.24) is 4.90 Å². The Kier molecular flexibility index (Phi) is 5.01. The Hall–Kier alpha value is -1.82. The molecule has 0 radical (unpaired) electrons. The van der Waals surface area contributed by atoms with Crippen molar-refractivity contribution in [2.45, 2.75) is 26.2 Å². The summed E-state index contributed by atoms with van der Waals surface area (Å²) >= 11 is 0. The minimum Gasteiger partial charge on any atom is -0.481 e. The number of hydrogen-bond acceptors (Lipinski definition) is 4. The normalized spacial score (nSPS) is 14.2. The van der Waals surface area contributed by atoms with Gasteiger partial charge in [0.15, 0.2) is 0 Å². The molecule has 0 saturated heterocycles. The van der Waals surface area contributed by atoms with Crippen molar-refractivity contribution in [3.63, 3.8) is 0 Å². The number of carboxylic acids is 1. The van der Waals surface area contributed by atoms with Crippen molar-refractivity contribution in [3.8, 4) is 0 Å². The Balaban J connectivity index is 1.90. The summed E-state index contributed by atoms with van der Waals surface area (Å²) < 4.78 is 10.7. The molecule has 1 fully saturated rings. The Morgan fingerprint density at radius 2 is 2.19 bits per heavy atom. The number of nitrogens with zero attached hydrogens (tertiary/aromatic N) is 1. The summed E-state index contributed by atoms with van der Waals surface area (Å²) in [6.45, 7) is 3.46. The van der Waals surface area contributed by atoms with E-state index in [-0.39, 0.29) is 18.1 Å². The van der Waals surface area contributed by atoms with Crippen LogP contribution in [0.1, 0.15) is 34.5 Å². The van der Waals surface area contributed by atoms with Crippen molar-refractivity contribution < 1.29 is 23.8 Å². The molecular formula is C15H21NO5. The van der Waals surface area contributed by atoms with Gasteiger partial charge in [0.05, 0.1) is 18.4 Å². The monoisotopic (exact) mass is 295 g/mol. The van der Waals surface area contributed by atoms with Gasteiger partial charge in [0.2, 0.25) is 0 Å². The average Bonchev–Trinajstić information content (AvgIpc) is 3.18. The highest BCUT2D eigenvalue weighted by Crippen LogP contribution is 2.28. The third-order valence-corrected chi connectivity index (χ3v) is 3.54. The molecule has 1 heterocycles. The van der Waals surface area contributed by atoms with Crippen LogP contribution in [0.4, 0.5) is 0 Å². The highest BCUT2D eigenvalue weighted by atomic mass is 16.5. The number of amides is 1. The molecule has 6 heteroatoms. The number of hydrogen-bond donors (Lipinski definition) is 1. The lowest BCUT2D eigenvalue weighted by atomic mass is 10.1. The highest BCUT2D eigenvalue weighted by molar-refractivity contribution is 5.97. The number of aliphatic carboxylic acids is 1. The van der Waals surface area contributed by atoms with Gasteiger partial charge >= 0.3 is 5.97 Å². The first-order valence-electron chi connectivity index (χ1n) is 7.11. The van der Waals surface area contributed by atoms with Gasteiger partial charge < -0.3 is 19.2 Å². The fraction of sp³-hybridized carbons (Fsp3) is 0.600. The molecule has 0 spiro atoms. The molecule has 1 aromatic rings. The molecule has 0 aromatic carbocycles. The summed E-state index contributed by atoms with van der Waals surface area (Å²) in [5.74, 6) is -0.346. The number of carbonyl (C=O) groups is 2. The summed E-state index contributed by atoms with van der Waals surface area (Å²) in [7, 11) is 1.68. The van der Waals surface area contributed by atoms with Crippen LogP contribution in [-0.2, 0) is 16.0 Å². The summed E-state index contributed by atoms with van der Waals surface area (Å²) in [6, 6.07) is 0. The molecule has 0 atom stereocenters. The first kappa shape index (κ1) is 15.6. The maximum atomic E-state index is 12.4. The molecule has 1 aromatic heterocycles. The van der Waals surface area contributed by atoms with E-state index in [0.717, 1.165) is 6.61 Å². The number of rotatable bonds is 8. The first-order chi connectivity index (χ1) is 9.99. The quantitative estimate of drug-likeness (QED) is 0.739. The molecule has 1 saturated carbocycles. The SMILES string of the molecule is Cc1coc(CC(=O)O)c1C(=O)N(C)CCOCC1CC1. The van der Waals surface area contributed by atoms with Crippen molar-refractivity contribution in [3.05, 3.63) is 23.2 Å². The van der Waals surface area contributed by atoms with Crippen LogP contribution in [0, 0.1) is 12.8 Å². The molecule has 116 valence electrons. The number of aryl methyl sites for hydroxylation is 1. The van der Waals surface area contributed by atoms with Crippen LogP contribution in [0.15, 0.2) is 10.7 Å². The van der Waals surface area contributed by atoms with E-state index in [4.69, 9.17) is 14.3 Å². The van der Waals surface area contributed by atoms with Crippen LogP contribution >= 0.6 is 0 Å². The zero-order chi connectivity index (χ0) is 15.4. The summed E-state index contributed by atoms with van der Waals surface area (Å²) in [5, 5.41) is 8.85. The lowest BCUT2D eigenvalue weighted by molar-refractivity contribution is -0.136. The summed E-state index contributed by atoms with van der Waals surface area (Å²) in [5.41, 5.74) is 1.00. The number of likely N-dealkylation sites (N-methyl/N-ethyl adjacent to an activating group) is 1. The van der Waals surface area contributed by atoms with E-state index in [2.05, 4.69) is 0 Å². The smallest absolute Gasteiger partial charge is 0.311 e. The second kappa shape index (κ2) is 6.76. The lowest BCUT2D eigenvalue weighted by Gasteiger charge is -2.17. The largest absolute Gasteiger partial charge is 0.481 e. The van der Waals surface area contributed by atoms with Gasteiger partial charge in [-0.25, -0.2) is 0 Å². The van der Waals surface area contributed by atoms with Crippen molar-refractivity contribution >= 4 is 11.9 Å². The summed E-state index contributed by atoms with van der Waals surface area (Å²) in [6.07, 6.45) is 3.60. The van der Waals surface area contributed by atoms with E-state index in [1.54, 1.807) is 14.0 Å². The zero-order valence-electron chi connectivity index (χ0n) is 12.4. The van der Waals surface area contributed by atoms with Gasteiger partial charge in [0, 0.05) is 25.8 Å². The standard InChI is InChI=1S/C15H21NO5/c1-10-8-21-12(7-13(17)18)14(10)15(19)16(2)5-6-20-9-11-3-4-11/h8,11H,3-7,9H2,1-2H3,(H,17,18). The molecule has 1 N–H and O–H groups in total. The van der Waals surface area contributed by atoms with E-state index in [0.29, 0.717) is 30.2 Å². The van der Waals surface area contributed by atoms with Crippen LogP contribution in [0.3, 0.4) is 0 Å². The van der Waals surface area contributed by atoms with E-state index >= 15 is 0 Å². The van der Waals surface area contributed by atoms with E-state index in [1.165, 1.54) is 24.0 Å². The van der Waals surface area contributed by atoms with E-state index in [1.807, 2.05) is 0 Å². The molecule has 21 heavy (non-hydrogen) atoms. The topological polar surface area (TPSA) is 80.0 Å². The predicted octanol–water partition coefficient (Wildman–Crippen LogP) is 1.71. The van der Waals surface area contributed by atoms with Crippen LogP contribution in [0.5, 0.6) is 0 Å². The summed E-state index contributed by atoms with van der Waals surface area (Å²) in [4.78, 5) is 24.7. The van der Waals surface area contributed by atoms with Gasteiger partial charge in [-0.2, -0.15) is 0 Å². The molecule has 0 bridgehead atoms. The van der Waals surface area contributed by atoms with Crippen LogP contribution < -0.4 is 0 Å². The zero-order valence-corrected chi connectivity index (χ0v) is 12.4. The Morgan fingerprint density at radius 1 is 1.48 bits per heavy atom. The Labute approximate surface area is 123 Å². The number of carboxylic acid groups (broad SMARTS) is 1. The molecule has 0 unspecified atom stereocenters. The van der Waals surface area contributed by atoms with Gasteiger partial charge in [0.1, 0.15) is 12.2 Å². The van der Waals surface area contributed by atoms with Gasteiger partial charge in [0.25, 0.3) is 5.91 Å². The molecule has 2 rings (SSSR count). The van der Waals surface area contributed by atoms with Crippen LogP contribution in [-0.4, -0.2) is 48.7 Å². The third kappa shape index (κ3) is 4.32. The molecule has 1 aliphatic carbocycles. The minimum atomic E-state index is -1.02. The second-order valence-electron chi connectivity index (χ2n) is 5.53. The molecular weight excluding hydrogens is 274 g/mol. The maximum Gasteiger partial charge on any atom is 0.311 e.